The number of rotatable bonds is 6. The number of amides is 1. The van der Waals surface area contributed by atoms with Crippen LogP contribution in [0.5, 0.6) is 11.6 Å². The van der Waals surface area contributed by atoms with Crippen LogP contribution in [-0.4, -0.2) is 18.2 Å². The van der Waals surface area contributed by atoms with Gasteiger partial charge in [-0.3, -0.25) is 4.79 Å². The van der Waals surface area contributed by atoms with Crippen LogP contribution < -0.4 is 14.8 Å². The Labute approximate surface area is 139 Å². The lowest BCUT2D eigenvalue weighted by atomic mass is 10.2. The number of aromatic nitrogens is 1. The van der Waals surface area contributed by atoms with E-state index in [4.69, 9.17) is 14.0 Å². The van der Waals surface area contributed by atoms with Crippen molar-refractivity contribution in [2.75, 3.05) is 12.4 Å². The van der Waals surface area contributed by atoms with Crippen molar-refractivity contribution < 1.29 is 18.8 Å². The van der Waals surface area contributed by atoms with Gasteiger partial charge in [0.05, 0.1) is 13.2 Å². The van der Waals surface area contributed by atoms with Crippen LogP contribution in [0.1, 0.15) is 16.1 Å². The fourth-order valence-corrected chi connectivity index (χ4v) is 2.06. The van der Waals surface area contributed by atoms with E-state index in [0.717, 1.165) is 5.56 Å². The molecule has 0 saturated heterocycles. The molecule has 0 atom stereocenters. The lowest BCUT2D eigenvalue weighted by Gasteiger charge is -2.04. The van der Waals surface area contributed by atoms with Gasteiger partial charge in [-0.05, 0) is 22.9 Å². The van der Waals surface area contributed by atoms with Gasteiger partial charge in [0, 0.05) is 11.8 Å². The molecule has 6 nitrogen and oxygen atoms in total. The lowest BCUT2D eigenvalue weighted by Crippen LogP contribution is -2.10. The van der Waals surface area contributed by atoms with Gasteiger partial charge in [0.15, 0.2) is 0 Å². The summed E-state index contributed by atoms with van der Waals surface area (Å²) >= 11 is 0. The molecule has 0 fully saturated rings. The minimum Gasteiger partial charge on any atom is -0.497 e. The third-order valence-corrected chi connectivity index (χ3v) is 3.27. The van der Waals surface area contributed by atoms with Crippen molar-refractivity contribution in [1.29, 1.82) is 0 Å². The molecular weight excluding hydrogens is 308 g/mol. The van der Waals surface area contributed by atoms with Crippen LogP contribution in [0.2, 0.25) is 0 Å². The van der Waals surface area contributed by atoms with Crippen LogP contribution in [0.15, 0.2) is 65.2 Å². The van der Waals surface area contributed by atoms with Crippen molar-refractivity contribution in [3.63, 3.8) is 0 Å². The molecule has 1 N–H and O–H groups in total. The Bertz CT molecular complexity index is 815. The Morgan fingerprint density at radius 2 is 1.96 bits per heavy atom. The lowest BCUT2D eigenvalue weighted by molar-refractivity contribution is 0.0987. The van der Waals surface area contributed by atoms with Crippen LogP contribution in [0.25, 0.3) is 0 Å². The van der Waals surface area contributed by atoms with Crippen molar-refractivity contribution in [3.8, 4) is 11.6 Å². The first-order chi connectivity index (χ1) is 11.7. The van der Waals surface area contributed by atoms with E-state index >= 15 is 0 Å². The second-order valence-electron chi connectivity index (χ2n) is 4.99. The van der Waals surface area contributed by atoms with E-state index in [2.05, 4.69) is 10.5 Å². The zero-order valence-corrected chi connectivity index (χ0v) is 13.1. The molecule has 0 aliphatic rings. The minimum atomic E-state index is -0.412. The summed E-state index contributed by atoms with van der Waals surface area (Å²) in [6, 6.07) is 18.2. The standard InChI is InChI=1S/C18H16N2O4/c1-22-15-9-5-8-14(10-15)19-18(21)16-11-17(20-24-16)23-12-13-6-3-2-4-7-13/h2-11H,12H2,1H3,(H,19,21). The summed E-state index contributed by atoms with van der Waals surface area (Å²) in [7, 11) is 1.56. The van der Waals surface area contributed by atoms with Gasteiger partial charge in [-0.25, -0.2) is 0 Å². The third kappa shape index (κ3) is 3.92. The maximum Gasteiger partial charge on any atom is 0.294 e. The Balaban J connectivity index is 1.61. The number of hydrogen-bond donors (Lipinski definition) is 1. The van der Waals surface area contributed by atoms with Crippen molar-refractivity contribution in [3.05, 3.63) is 72.0 Å². The summed E-state index contributed by atoms with van der Waals surface area (Å²) < 4.78 is 15.6. The Hall–Kier alpha value is -3.28. The fraction of sp³-hybridized carbons (Fsp3) is 0.111. The molecule has 0 unspecified atom stereocenters. The summed E-state index contributed by atoms with van der Waals surface area (Å²) in [5, 5.41) is 6.46. The zero-order chi connectivity index (χ0) is 16.8. The van der Waals surface area contributed by atoms with Crippen molar-refractivity contribution >= 4 is 11.6 Å². The highest BCUT2D eigenvalue weighted by Gasteiger charge is 2.14. The van der Waals surface area contributed by atoms with E-state index in [1.54, 1.807) is 31.4 Å². The number of nitrogens with one attached hydrogen (secondary N) is 1. The van der Waals surface area contributed by atoms with Gasteiger partial charge in [-0.1, -0.05) is 36.4 Å². The van der Waals surface area contributed by atoms with E-state index < -0.39 is 5.91 Å². The molecule has 0 saturated carbocycles. The summed E-state index contributed by atoms with van der Waals surface area (Å²) in [5.41, 5.74) is 1.60. The van der Waals surface area contributed by atoms with Gasteiger partial charge in [-0.15, -0.1) is 0 Å². The first-order valence-corrected chi connectivity index (χ1v) is 7.33. The van der Waals surface area contributed by atoms with E-state index in [9.17, 15) is 4.79 Å². The quantitative estimate of drug-likeness (QED) is 0.751. The number of nitrogens with zero attached hydrogens (tertiary/aromatic N) is 1. The normalized spacial score (nSPS) is 10.2. The molecule has 24 heavy (non-hydrogen) atoms. The number of benzene rings is 2. The average Bonchev–Trinajstić information content (AvgIpc) is 3.10. The maximum atomic E-state index is 12.2. The topological polar surface area (TPSA) is 73.6 Å². The molecule has 2 aromatic carbocycles. The zero-order valence-electron chi connectivity index (χ0n) is 13.1. The Morgan fingerprint density at radius 1 is 1.12 bits per heavy atom. The molecule has 1 heterocycles. The van der Waals surface area contributed by atoms with Crippen molar-refractivity contribution in [2.24, 2.45) is 0 Å². The van der Waals surface area contributed by atoms with Gasteiger partial charge < -0.3 is 19.3 Å². The number of methoxy groups -OCH3 is 1. The molecule has 3 aromatic rings. The second kappa shape index (κ2) is 7.32. The molecule has 0 spiro atoms. The molecule has 122 valence electrons. The van der Waals surface area contributed by atoms with Gasteiger partial charge in [0.2, 0.25) is 5.76 Å². The summed E-state index contributed by atoms with van der Waals surface area (Å²) in [5.74, 6) is 0.568. The molecule has 1 aromatic heterocycles. The molecule has 0 radical (unpaired) electrons. The van der Waals surface area contributed by atoms with Crippen LogP contribution in [-0.2, 0) is 6.61 Å². The SMILES string of the molecule is COc1cccc(NC(=O)c2cc(OCc3ccccc3)no2)c1. The molecule has 0 aliphatic carbocycles. The highest BCUT2D eigenvalue weighted by molar-refractivity contribution is 6.02. The smallest absolute Gasteiger partial charge is 0.294 e. The molecule has 0 aliphatic heterocycles. The predicted octanol–water partition coefficient (Wildman–Crippen LogP) is 3.51. The van der Waals surface area contributed by atoms with E-state index in [0.29, 0.717) is 18.0 Å². The van der Waals surface area contributed by atoms with Gasteiger partial charge in [0.25, 0.3) is 11.8 Å². The second-order valence-corrected chi connectivity index (χ2v) is 4.99. The molecule has 0 bridgehead atoms. The number of hydrogen-bond acceptors (Lipinski definition) is 5. The molecule has 3 rings (SSSR count). The van der Waals surface area contributed by atoms with E-state index in [1.807, 2.05) is 30.3 Å². The van der Waals surface area contributed by atoms with Crippen LogP contribution in [0.3, 0.4) is 0 Å². The maximum absolute atomic E-state index is 12.2. The predicted molar refractivity (Wildman–Crippen MR) is 88.2 cm³/mol. The van der Waals surface area contributed by atoms with E-state index in [-0.39, 0.29) is 11.6 Å². The highest BCUT2D eigenvalue weighted by atomic mass is 16.5. The summed E-state index contributed by atoms with van der Waals surface area (Å²) in [4.78, 5) is 12.2. The average molecular weight is 324 g/mol. The molecule has 1 amide bonds. The van der Waals surface area contributed by atoms with Crippen LogP contribution in [0.4, 0.5) is 5.69 Å². The summed E-state index contributed by atoms with van der Waals surface area (Å²) in [6.07, 6.45) is 0. The van der Waals surface area contributed by atoms with Gasteiger partial charge in [0.1, 0.15) is 12.4 Å². The molecular formula is C18H16N2O4. The third-order valence-electron chi connectivity index (χ3n) is 3.27. The van der Waals surface area contributed by atoms with Gasteiger partial charge in [-0.2, -0.15) is 0 Å². The van der Waals surface area contributed by atoms with Crippen LogP contribution >= 0.6 is 0 Å². The Morgan fingerprint density at radius 3 is 2.75 bits per heavy atom. The first kappa shape index (κ1) is 15.6. The van der Waals surface area contributed by atoms with E-state index in [1.165, 1.54) is 6.07 Å². The number of anilines is 1. The minimum absolute atomic E-state index is 0.0703. The molecule has 6 heteroatoms. The number of carbonyl (C=O) groups excluding carboxylic acids is 1. The van der Waals surface area contributed by atoms with Gasteiger partial charge >= 0.3 is 0 Å². The van der Waals surface area contributed by atoms with Crippen molar-refractivity contribution in [2.45, 2.75) is 6.61 Å². The highest BCUT2D eigenvalue weighted by Crippen LogP contribution is 2.19. The summed E-state index contributed by atoms with van der Waals surface area (Å²) in [6.45, 7) is 0.352. The fourth-order valence-electron chi connectivity index (χ4n) is 2.06. The monoisotopic (exact) mass is 324 g/mol. The van der Waals surface area contributed by atoms with Crippen LogP contribution in [0, 0.1) is 0 Å². The van der Waals surface area contributed by atoms with Crippen molar-refractivity contribution in [1.82, 2.24) is 5.16 Å². The number of carbonyl (C=O) groups is 1. The Kier molecular flexibility index (Phi) is 4.76. The first-order valence-electron chi connectivity index (χ1n) is 7.33. The largest absolute Gasteiger partial charge is 0.497 e. The number of ether oxygens (including phenoxy) is 2.